The van der Waals surface area contributed by atoms with Crippen molar-refractivity contribution < 1.29 is 22.7 Å². The zero-order valence-electron chi connectivity index (χ0n) is 12.6. The van der Waals surface area contributed by atoms with Crippen LogP contribution in [0.5, 0.6) is 0 Å². The Balaban J connectivity index is 1.98. The van der Waals surface area contributed by atoms with Gasteiger partial charge in [-0.25, -0.2) is 17.9 Å². The van der Waals surface area contributed by atoms with Crippen molar-refractivity contribution in [3.63, 3.8) is 0 Å². The summed E-state index contributed by atoms with van der Waals surface area (Å²) in [5.41, 5.74) is 0.164. The molecule has 0 radical (unpaired) electrons. The molecule has 0 fully saturated rings. The molecule has 0 aliphatic carbocycles. The number of sulfonamides is 1. The lowest BCUT2D eigenvalue weighted by Crippen LogP contribution is -2.23. The summed E-state index contributed by atoms with van der Waals surface area (Å²) in [6.07, 6.45) is 1.42. The highest BCUT2D eigenvalue weighted by Gasteiger charge is 2.16. The Morgan fingerprint density at radius 2 is 1.92 bits per heavy atom. The van der Waals surface area contributed by atoms with Crippen LogP contribution in [0.4, 0.5) is 0 Å². The van der Waals surface area contributed by atoms with E-state index in [2.05, 4.69) is 11.3 Å². The van der Waals surface area contributed by atoms with E-state index in [-0.39, 0.29) is 29.4 Å². The molecule has 0 aliphatic heterocycles. The molecule has 2 rings (SSSR count). The minimum Gasteiger partial charge on any atom is -0.454 e. The number of esters is 1. The summed E-state index contributed by atoms with van der Waals surface area (Å²) in [4.78, 5) is 24.2. The van der Waals surface area contributed by atoms with Gasteiger partial charge in [-0.3, -0.25) is 4.79 Å². The molecule has 2 aromatic rings. The number of nitrogens with one attached hydrogen (secondary N) is 1. The highest BCUT2D eigenvalue weighted by molar-refractivity contribution is 7.89. The molecule has 6 nitrogen and oxygen atoms in total. The lowest BCUT2D eigenvalue weighted by atomic mass is 10.2. The normalized spacial score (nSPS) is 11.0. The molecule has 24 heavy (non-hydrogen) atoms. The minimum atomic E-state index is -3.65. The second-order valence-electron chi connectivity index (χ2n) is 4.64. The van der Waals surface area contributed by atoms with E-state index in [1.165, 1.54) is 41.7 Å². The standard InChI is InChI=1S/C16H15NO5S2/c1-2-9-17-24(20,21)13-7-5-12(6-8-13)16(19)22-11-14(18)15-4-3-10-23-15/h2-8,10,17H,1,9,11H2. The van der Waals surface area contributed by atoms with Crippen LogP contribution < -0.4 is 4.72 Å². The first-order valence-electron chi connectivity index (χ1n) is 6.88. The van der Waals surface area contributed by atoms with Crippen molar-refractivity contribution in [2.24, 2.45) is 0 Å². The maximum absolute atomic E-state index is 11.9. The van der Waals surface area contributed by atoms with E-state index < -0.39 is 16.0 Å². The van der Waals surface area contributed by atoms with Crippen LogP contribution >= 0.6 is 11.3 Å². The first-order valence-corrected chi connectivity index (χ1v) is 9.25. The minimum absolute atomic E-state index is 0.0237. The van der Waals surface area contributed by atoms with Gasteiger partial charge in [0.05, 0.1) is 15.3 Å². The highest BCUT2D eigenvalue weighted by Crippen LogP contribution is 2.13. The van der Waals surface area contributed by atoms with Gasteiger partial charge in [0.15, 0.2) is 6.61 Å². The second kappa shape index (κ2) is 8.00. The van der Waals surface area contributed by atoms with E-state index in [0.717, 1.165) is 0 Å². The third-order valence-electron chi connectivity index (χ3n) is 2.95. The number of hydrogen-bond donors (Lipinski definition) is 1. The van der Waals surface area contributed by atoms with Crippen LogP contribution in [0.1, 0.15) is 20.0 Å². The van der Waals surface area contributed by atoms with E-state index >= 15 is 0 Å². The number of carbonyl (C=O) groups is 2. The van der Waals surface area contributed by atoms with Crippen LogP contribution in [0.15, 0.2) is 59.3 Å². The topological polar surface area (TPSA) is 89.5 Å². The molecule has 0 amide bonds. The Morgan fingerprint density at radius 1 is 1.21 bits per heavy atom. The van der Waals surface area contributed by atoms with E-state index in [1.54, 1.807) is 17.5 Å². The van der Waals surface area contributed by atoms with Crippen molar-refractivity contribution in [1.29, 1.82) is 0 Å². The smallest absolute Gasteiger partial charge is 0.338 e. The summed E-state index contributed by atoms with van der Waals surface area (Å²) in [6.45, 7) is 3.18. The number of rotatable bonds is 8. The van der Waals surface area contributed by atoms with Gasteiger partial charge in [-0.05, 0) is 35.7 Å². The lowest BCUT2D eigenvalue weighted by Gasteiger charge is -2.06. The summed E-state index contributed by atoms with van der Waals surface area (Å²) in [5.74, 6) is -0.978. The lowest BCUT2D eigenvalue weighted by molar-refractivity contribution is 0.0475. The zero-order valence-corrected chi connectivity index (χ0v) is 14.2. The maximum Gasteiger partial charge on any atom is 0.338 e. The Morgan fingerprint density at radius 3 is 2.50 bits per heavy atom. The van der Waals surface area contributed by atoms with Gasteiger partial charge in [-0.15, -0.1) is 17.9 Å². The third kappa shape index (κ3) is 4.60. The van der Waals surface area contributed by atoms with Crippen molar-refractivity contribution in [2.45, 2.75) is 4.90 Å². The quantitative estimate of drug-likeness (QED) is 0.440. The predicted molar refractivity (Wildman–Crippen MR) is 90.8 cm³/mol. The molecule has 0 saturated heterocycles. The number of Topliss-reactive ketones (excluding diaryl/α,β-unsaturated/α-hetero) is 1. The molecular weight excluding hydrogens is 350 g/mol. The monoisotopic (exact) mass is 365 g/mol. The number of ketones is 1. The molecule has 1 heterocycles. The predicted octanol–water partition coefficient (Wildman–Crippen LogP) is 2.25. The first kappa shape index (κ1) is 18.1. The van der Waals surface area contributed by atoms with Crippen molar-refractivity contribution in [3.05, 3.63) is 64.9 Å². The van der Waals surface area contributed by atoms with Gasteiger partial charge in [0.2, 0.25) is 15.8 Å². The van der Waals surface area contributed by atoms with E-state index in [0.29, 0.717) is 4.88 Å². The Labute approximate surface area is 143 Å². The number of thiophene rings is 1. The summed E-state index contributed by atoms with van der Waals surface area (Å²) < 4.78 is 31.1. The van der Waals surface area contributed by atoms with E-state index in [1.807, 2.05) is 0 Å². The van der Waals surface area contributed by atoms with Gasteiger partial charge in [-0.2, -0.15) is 0 Å². The summed E-state index contributed by atoms with van der Waals surface area (Å²) in [7, 11) is -3.65. The zero-order chi connectivity index (χ0) is 17.6. The molecule has 0 bridgehead atoms. The van der Waals surface area contributed by atoms with Gasteiger partial charge in [0.1, 0.15) is 0 Å². The van der Waals surface area contributed by atoms with Crippen LogP contribution in [0.3, 0.4) is 0 Å². The van der Waals surface area contributed by atoms with E-state index in [4.69, 9.17) is 4.74 Å². The first-order chi connectivity index (χ1) is 11.4. The fraction of sp³-hybridized carbons (Fsp3) is 0.125. The molecule has 0 aliphatic rings. The number of hydrogen-bond acceptors (Lipinski definition) is 6. The molecular formula is C16H15NO5S2. The van der Waals surface area contributed by atoms with Crippen molar-refractivity contribution in [2.75, 3.05) is 13.2 Å². The molecule has 1 N–H and O–H groups in total. The van der Waals surface area contributed by atoms with Crippen LogP contribution in [0, 0.1) is 0 Å². The maximum atomic E-state index is 11.9. The molecule has 0 atom stereocenters. The fourth-order valence-corrected chi connectivity index (χ4v) is 3.39. The van der Waals surface area contributed by atoms with Crippen LogP contribution in [-0.4, -0.2) is 33.3 Å². The van der Waals surface area contributed by atoms with Gasteiger partial charge in [-0.1, -0.05) is 12.1 Å². The molecule has 0 saturated carbocycles. The average molecular weight is 365 g/mol. The van der Waals surface area contributed by atoms with Crippen molar-refractivity contribution in [3.8, 4) is 0 Å². The van der Waals surface area contributed by atoms with Crippen LogP contribution in [0.25, 0.3) is 0 Å². The summed E-state index contributed by atoms with van der Waals surface area (Å²) in [5, 5.41) is 1.76. The average Bonchev–Trinajstić information content (AvgIpc) is 3.12. The van der Waals surface area contributed by atoms with Gasteiger partial charge < -0.3 is 4.74 Å². The van der Waals surface area contributed by atoms with Crippen LogP contribution in [0.2, 0.25) is 0 Å². The summed E-state index contributed by atoms with van der Waals surface area (Å²) >= 11 is 1.27. The second-order valence-corrected chi connectivity index (χ2v) is 7.36. The Kier molecular flexibility index (Phi) is 6.02. The number of carbonyl (C=O) groups excluding carboxylic acids is 2. The Hall–Kier alpha value is -2.29. The van der Waals surface area contributed by atoms with Crippen molar-refractivity contribution in [1.82, 2.24) is 4.72 Å². The van der Waals surface area contributed by atoms with Crippen LogP contribution in [-0.2, 0) is 14.8 Å². The molecule has 0 unspecified atom stereocenters. The Bertz CT molecular complexity index is 824. The number of benzene rings is 1. The van der Waals surface area contributed by atoms with Gasteiger partial charge >= 0.3 is 5.97 Å². The SMILES string of the molecule is C=CCNS(=O)(=O)c1ccc(C(=O)OCC(=O)c2cccs2)cc1. The molecule has 126 valence electrons. The van der Waals surface area contributed by atoms with Gasteiger partial charge in [0, 0.05) is 6.54 Å². The molecule has 8 heteroatoms. The van der Waals surface area contributed by atoms with Crippen molar-refractivity contribution >= 4 is 33.1 Å². The van der Waals surface area contributed by atoms with Gasteiger partial charge in [0.25, 0.3) is 0 Å². The third-order valence-corrected chi connectivity index (χ3v) is 5.30. The molecule has 1 aromatic heterocycles. The summed E-state index contributed by atoms with van der Waals surface area (Å²) in [6, 6.07) is 8.64. The highest BCUT2D eigenvalue weighted by atomic mass is 32.2. The largest absolute Gasteiger partial charge is 0.454 e. The molecule has 0 spiro atoms. The number of ether oxygens (including phenoxy) is 1. The van der Waals surface area contributed by atoms with E-state index in [9.17, 15) is 18.0 Å². The fourth-order valence-electron chi connectivity index (χ4n) is 1.74. The molecule has 1 aromatic carbocycles.